The van der Waals surface area contributed by atoms with Gasteiger partial charge in [-0.15, -0.1) is 11.3 Å². The molecular weight excluding hydrogens is 143 g/mol. The molecule has 2 aromatic rings. The lowest BCUT2D eigenvalue weighted by Gasteiger charge is -1.84. The lowest BCUT2D eigenvalue weighted by molar-refractivity contribution is 1.27. The highest BCUT2D eigenvalue weighted by Crippen LogP contribution is 2.14. The van der Waals surface area contributed by atoms with Crippen molar-refractivity contribution in [3.05, 3.63) is 11.2 Å². The van der Waals surface area contributed by atoms with Crippen molar-refractivity contribution in [2.45, 2.75) is 6.92 Å². The molecule has 1 N–H and O–H groups in total. The fourth-order valence-corrected chi connectivity index (χ4v) is 1.70. The van der Waals surface area contributed by atoms with E-state index in [4.69, 9.17) is 7.85 Å². The van der Waals surface area contributed by atoms with Crippen LogP contribution in [0.4, 0.5) is 0 Å². The fourth-order valence-electron chi connectivity index (χ4n) is 0.942. The number of fused-ring (bicyclic) bond motifs is 1. The molecule has 0 aliphatic carbocycles. The molecule has 0 aromatic carbocycles. The first-order valence-electron chi connectivity index (χ1n) is 2.96. The first-order valence-corrected chi connectivity index (χ1v) is 3.84. The number of nitrogens with one attached hydrogen (secondary N) is 1. The molecule has 2 nitrogen and oxygen atoms in total. The van der Waals surface area contributed by atoms with Gasteiger partial charge in [0, 0.05) is 5.69 Å². The molecule has 0 fully saturated rings. The monoisotopic (exact) mass is 148 g/mol. The van der Waals surface area contributed by atoms with E-state index in [1.807, 2.05) is 6.92 Å². The van der Waals surface area contributed by atoms with Crippen LogP contribution < -0.4 is 5.46 Å². The molecule has 0 unspecified atom stereocenters. The van der Waals surface area contributed by atoms with E-state index in [1.54, 1.807) is 16.8 Å². The zero-order valence-electron chi connectivity index (χ0n) is 5.51. The van der Waals surface area contributed by atoms with Crippen LogP contribution in [0.15, 0.2) is 5.51 Å². The van der Waals surface area contributed by atoms with Crippen molar-refractivity contribution >= 4 is 35.0 Å². The summed E-state index contributed by atoms with van der Waals surface area (Å²) in [6, 6.07) is 0. The van der Waals surface area contributed by atoms with Gasteiger partial charge in [0.05, 0.1) is 10.2 Å². The van der Waals surface area contributed by atoms with E-state index in [1.165, 1.54) is 0 Å². The fraction of sp³-hybridized carbons (Fsp3) is 0.167. The number of aryl methyl sites for hydroxylation is 1. The maximum Gasteiger partial charge on any atom is 0.147 e. The molecule has 0 amide bonds. The van der Waals surface area contributed by atoms with E-state index in [2.05, 4.69) is 9.97 Å². The van der Waals surface area contributed by atoms with Crippen molar-refractivity contribution in [2.75, 3.05) is 0 Å². The molecule has 0 aliphatic heterocycles. The summed E-state index contributed by atoms with van der Waals surface area (Å²) in [5.74, 6) is 0. The van der Waals surface area contributed by atoms with E-state index >= 15 is 0 Å². The number of hydrogen-bond donors (Lipinski definition) is 1. The zero-order valence-corrected chi connectivity index (χ0v) is 6.33. The SMILES string of the molecule is [B]c1c(C)[nH]c2ncsc12. The van der Waals surface area contributed by atoms with Crippen molar-refractivity contribution in [2.24, 2.45) is 0 Å². The summed E-state index contributed by atoms with van der Waals surface area (Å²) in [5.41, 5.74) is 4.53. The second-order valence-electron chi connectivity index (χ2n) is 2.19. The summed E-state index contributed by atoms with van der Waals surface area (Å²) >= 11 is 1.57. The van der Waals surface area contributed by atoms with Gasteiger partial charge in [-0.3, -0.25) is 0 Å². The van der Waals surface area contributed by atoms with Gasteiger partial charge < -0.3 is 4.98 Å². The van der Waals surface area contributed by atoms with Gasteiger partial charge in [-0.05, 0) is 6.92 Å². The zero-order chi connectivity index (χ0) is 7.14. The standard InChI is InChI=1S/C6H5BN2S/c1-3-4(7)5-6(9-3)8-2-10-5/h2,9H,1H3. The van der Waals surface area contributed by atoms with Gasteiger partial charge in [0.25, 0.3) is 0 Å². The maximum atomic E-state index is 5.72. The Kier molecular flexibility index (Phi) is 1.11. The summed E-state index contributed by atoms with van der Waals surface area (Å²) in [4.78, 5) is 7.16. The lowest BCUT2D eigenvalue weighted by Crippen LogP contribution is -2.01. The van der Waals surface area contributed by atoms with Crippen LogP contribution in [0.2, 0.25) is 0 Å². The number of aromatic amines is 1. The van der Waals surface area contributed by atoms with E-state index in [-0.39, 0.29) is 0 Å². The Morgan fingerprint density at radius 1 is 1.70 bits per heavy atom. The van der Waals surface area contributed by atoms with Crippen LogP contribution in [-0.4, -0.2) is 17.8 Å². The Morgan fingerprint density at radius 2 is 2.50 bits per heavy atom. The topological polar surface area (TPSA) is 28.7 Å². The van der Waals surface area contributed by atoms with Gasteiger partial charge in [0.15, 0.2) is 0 Å². The molecule has 0 saturated heterocycles. The molecule has 4 heteroatoms. The largest absolute Gasteiger partial charge is 0.343 e. The number of H-pyrrole nitrogens is 1. The summed E-state index contributed by atoms with van der Waals surface area (Å²) in [7, 11) is 5.72. The highest BCUT2D eigenvalue weighted by atomic mass is 32.1. The molecule has 0 aliphatic rings. The average molecular weight is 148 g/mol. The van der Waals surface area contributed by atoms with Crippen LogP contribution in [0.25, 0.3) is 10.3 Å². The van der Waals surface area contributed by atoms with Crippen LogP contribution in [-0.2, 0) is 0 Å². The smallest absolute Gasteiger partial charge is 0.147 e. The minimum absolute atomic E-state index is 0.831. The maximum absolute atomic E-state index is 5.72. The van der Waals surface area contributed by atoms with Gasteiger partial charge >= 0.3 is 0 Å². The Hall–Kier alpha value is -0.765. The molecule has 48 valence electrons. The van der Waals surface area contributed by atoms with Crippen molar-refractivity contribution in [3.63, 3.8) is 0 Å². The number of thiazole rings is 1. The molecule has 2 rings (SSSR count). The van der Waals surface area contributed by atoms with Crippen molar-refractivity contribution in [3.8, 4) is 0 Å². The Balaban J connectivity index is 2.95. The number of hydrogen-bond acceptors (Lipinski definition) is 2. The second-order valence-corrected chi connectivity index (χ2v) is 3.05. The van der Waals surface area contributed by atoms with Crippen LogP contribution in [0, 0.1) is 6.92 Å². The average Bonchev–Trinajstić information content (AvgIpc) is 2.41. The Labute approximate surface area is 63.7 Å². The number of rotatable bonds is 0. The highest BCUT2D eigenvalue weighted by molar-refractivity contribution is 7.18. The first kappa shape index (κ1) is 5.98. The molecule has 2 aromatic heterocycles. The molecule has 2 heterocycles. The van der Waals surface area contributed by atoms with E-state index in [9.17, 15) is 0 Å². The Bertz CT molecular complexity index is 363. The number of nitrogens with zero attached hydrogens (tertiary/aromatic N) is 1. The van der Waals surface area contributed by atoms with Gasteiger partial charge in [-0.2, -0.15) is 0 Å². The van der Waals surface area contributed by atoms with Crippen LogP contribution in [0.1, 0.15) is 5.69 Å². The van der Waals surface area contributed by atoms with Crippen LogP contribution in [0.3, 0.4) is 0 Å². The molecule has 0 bridgehead atoms. The third-order valence-electron chi connectivity index (χ3n) is 1.52. The predicted molar refractivity (Wildman–Crippen MR) is 44.1 cm³/mol. The quantitative estimate of drug-likeness (QED) is 0.548. The van der Waals surface area contributed by atoms with Crippen LogP contribution >= 0.6 is 11.3 Å². The minimum atomic E-state index is 0.831. The molecule has 0 saturated carbocycles. The van der Waals surface area contributed by atoms with Gasteiger partial charge in [0.1, 0.15) is 13.5 Å². The molecular formula is C6H5BN2S. The van der Waals surface area contributed by atoms with Crippen molar-refractivity contribution in [1.82, 2.24) is 9.97 Å². The molecule has 0 atom stereocenters. The second kappa shape index (κ2) is 1.86. The van der Waals surface area contributed by atoms with E-state index in [0.29, 0.717) is 0 Å². The summed E-state index contributed by atoms with van der Waals surface area (Å²) in [6.07, 6.45) is 0. The number of aromatic nitrogens is 2. The minimum Gasteiger partial charge on any atom is -0.343 e. The lowest BCUT2D eigenvalue weighted by atomic mass is 9.97. The summed E-state index contributed by atoms with van der Waals surface area (Å²) < 4.78 is 1.07. The Morgan fingerprint density at radius 3 is 3.20 bits per heavy atom. The normalized spacial score (nSPS) is 10.9. The van der Waals surface area contributed by atoms with Crippen molar-refractivity contribution in [1.29, 1.82) is 0 Å². The molecule has 2 radical (unpaired) electrons. The highest BCUT2D eigenvalue weighted by Gasteiger charge is 2.03. The van der Waals surface area contributed by atoms with Gasteiger partial charge in [-0.1, -0.05) is 5.46 Å². The molecule has 10 heavy (non-hydrogen) atoms. The third-order valence-corrected chi connectivity index (χ3v) is 2.38. The third kappa shape index (κ3) is 0.624. The molecule has 0 spiro atoms. The van der Waals surface area contributed by atoms with E-state index < -0.39 is 0 Å². The van der Waals surface area contributed by atoms with E-state index in [0.717, 1.165) is 21.5 Å². The summed E-state index contributed by atoms with van der Waals surface area (Å²) in [5, 5.41) is 0. The van der Waals surface area contributed by atoms with Crippen LogP contribution in [0.5, 0.6) is 0 Å². The summed E-state index contributed by atoms with van der Waals surface area (Å²) in [6.45, 7) is 1.95. The van der Waals surface area contributed by atoms with Gasteiger partial charge in [0.2, 0.25) is 0 Å². The van der Waals surface area contributed by atoms with Gasteiger partial charge in [-0.25, -0.2) is 4.98 Å². The van der Waals surface area contributed by atoms with Crippen molar-refractivity contribution < 1.29 is 0 Å². The first-order chi connectivity index (χ1) is 4.79. The predicted octanol–water partition coefficient (Wildman–Crippen LogP) is 0.727.